The van der Waals surface area contributed by atoms with Crippen molar-refractivity contribution in [3.05, 3.63) is 47.4 Å². The zero-order chi connectivity index (χ0) is 15.5. The van der Waals surface area contributed by atoms with Crippen LogP contribution in [0.4, 0.5) is 0 Å². The van der Waals surface area contributed by atoms with Crippen LogP contribution < -0.4 is 0 Å². The first-order valence-corrected chi connectivity index (χ1v) is 8.47. The van der Waals surface area contributed by atoms with Gasteiger partial charge < -0.3 is 10.2 Å². The van der Waals surface area contributed by atoms with E-state index in [-0.39, 0.29) is 18.1 Å². The Balaban J connectivity index is 1.53. The fourth-order valence-electron chi connectivity index (χ4n) is 2.88. The van der Waals surface area contributed by atoms with E-state index < -0.39 is 12.2 Å². The summed E-state index contributed by atoms with van der Waals surface area (Å²) in [5, 5.41) is 21.0. The van der Waals surface area contributed by atoms with E-state index in [0.717, 1.165) is 6.42 Å². The quantitative estimate of drug-likeness (QED) is 0.833. The van der Waals surface area contributed by atoms with Crippen LogP contribution in [-0.2, 0) is 11.2 Å². The molecular weight excluding hydrogens is 296 g/mol. The molecule has 1 heterocycles. The van der Waals surface area contributed by atoms with Crippen LogP contribution in [0.1, 0.15) is 24.1 Å². The minimum atomic E-state index is -0.585. The third-order valence-electron chi connectivity index (χ3n) is 4.14. The predicted molar refractivity (Wildman–Crippen MR) is 89.0 cm³/mol. The topological polar surface area (TPSA) is 57.5 Å². The number of benzene rings is 1. The monoisotopic (exact) mass is 316 g/mol. The summed E-state index contributed by atoms with van der Waals surface area (Å²) in [5.74, 6) is -0.0339. The summed E-state index contributed by atoms with van der Waals surface area (Å²) < 4.78 is 1.27. The highest BCUT2D eigenvalue weighted by Crippen LogP contribution is 2.27. The maximum atomic E-state index is 11.2. The largest absolute Gasteiger partial charge is 0.392 e. The molecule has 3 atom stereocenters. The molecular formula is C18H20O3S. The molecule has 1 unspecified atom stereocenters. The van der Waals surface area contributed by atoms with Gasteiger partial charge in [-0.15, -0.1) is 11.3 Å². The Morgan fingerprint density at radius 3 is 2.86 bits per heavy atom. The van der Waals surface area contributed by atoms with E-state index in [0.29, 0.717) is 12.8 Å². The lowest BCUT2D eigenvalue weighted by atomic mass is 10.0. The summed E-state index contributed by atoms with van der Waals surface area (Å²) in [6.07, 6.45) is 4.52. The van der Waals surface area contributed by atoms with Gasteiger partial charge in [0.1, 0.15) is 5.78 Å². The van der Waals surface area contributed by atoms with Crippen molar-refractivity contribution >= 4 is 27.2 Å². The van der Waals surface area contributed by atoms with E-state index in [1.807, 2.05) is 12.1 Å². The van der Waals surface area contributed by atoms with E-state index in [4.69, 9.17) is 0 Å². The molecule has 1 fully saturated rings. The SMILES string of the molecule is O=C1C[C@@H](O)[C@H](/C=C/C(O)CCc2cc3ccccc3s2)C1. The third kappa shape index (κ3) is 3.64. The summed E-state index contributed by atoms with van der Waals surface area (Å²) in [5.41, 5.74) is 0. The molecule has 3 nitrogen and oxygen atoms in total. The smallest absolute Gasteiger partial charge is 0.136 e. The normalized spacial score (nSPS) is 23.6. The lowest BCUT2D eigenvalue weighted by molar-refractivity contribution is -0.117. The van der Waals surface area contributed by atoms with Crippen molar-refractivity contribution < 1.29 is 15.0 Å². The fourth-order valence-corrected chi connectivity index (χ4v) is 3.96. The molecule has 3 rings (SSSR count). The van der Waals surface area contributed by atoms with Crippen LogP contribution >= 0.6 is 11.3 Å². The summed E-state index contributed by atoms with van der Waals surface area (Å²) in [4.78, 5) is 12.5. The van der Waals surface area contributed by atoms with E-state index in [2.05, 4.69) is 18.2 Å². The van der Waals surface area contributed by atoms with Gasteiger partial charge in [0.25, 0.3) is 0 Å². The Hall–Kier alpha value is -1.49. The summed E-state index contributed by atoms with van der Waals surface area (Å²) in [7, 11) is 0. The Labute approximate surface area is 133 Å². The van der Waals surface area contributed by atoms with Gasteiger partial charge in [-0.25, -0.2) is 0 Å². The van der Waals surface area contributed by atoms with Gasteiger partial charge in [0.2, 0.25) is 0 Å². The van der Waals surface area contributed by atoms with Crippen molar-refractivity contribution in [2.75, 3.05) is 0 Å². The number of carbonyl (C=O) groups is 1. The van der Waals surface area contributed by atoms with Crippen molar-refractivity contribution in [2.24, 2.45) is 5.92 Å². The minimum Gasteiger partial charge on any atom is -0.392 e. The first-order valence-electron chi connectivity index (χ1n) is 7.65. The summed E-state index contributed by atoms with van der Waals surface area (Å²) in [6.45, 7) is 0. The Bertz CT molecular complexity index is 655. The van der Waals surface area contributed by atoms with Gasteiger partial charge in [-0.3, -0.25) is 4.79 Å². The number of Topliss-reactive ketones (excluding diaryl/α,β-unsaturated/α-hetero) is 1. The fraction of sp³-hybridized carbons (Fsp3) is 0.389. The maximum Gasteiger partial charge on any atom is 0.136 e. The van der Waals surface area contributed by atoms with Gasteiger partial charge in [0, 0.05) is 28.3 Å². The van der Waals surface area contributed by atoms with Gasteiger partial charge in [0.05, 0.1) is 12.2 Å². The van der Waals surface area contributed by atoms with Crippen molar-refractivity contribution in [3.63, 3.8) is 0 Å². The number of hydrogen-bond donors (Lipinski definition) is 2. The molecule has 2 aromatic rings. The number of hydrogen-bond acceptors (Lipinski definition) is 4. The van der Waals surface area contributed by atoms with Crippen LogP contribution in [0, 0.1) is 5.92 Å². The molecule has 0 spiro atoms. The van der Waals surface area contributed by atoms with Crippen molar-refractivity contribution in [1.82, 2.24) is 0 Å². The molecule has 1 aromatic carbocycles. The number of fused-ring (bicyclic) bond motifs is 1. The van der Waals surface area contributed by atoms with Gasteiger partial charge >= 0.3 is 0 Å². The number of ketones is 1. The second kappa shape index (κ2) is 6.73. The summed E-state index contributed by atoms with van der Waals surface area (Å²) >= 11 is 1.76. The zero-order valence-corrected chi connectivity index (χ0v) is 13.1. The van der Waals surface area contributed by atoms with Gasteiger partial charge in [-0.1, -0.05) is 30.4 Å². The van der Waals surface area contributed by atoms with E-state index in [1.165, 1.54) is 15.0 Å². The van der Waals surface area contributed by atoms with Gasteiger partial charge in [0.15, 0.2) is 0 Å². The number of carbonyl (C=O) groups excluding carboxylic acids is 1. The molecule has 0 saturated heterocycles. The van der Waals surface area contributed by atoms with Crippen LogP contribution in [0.25, 0.3) is 10.1 Å². The first kappa shape index (κ1) is 15.4. The Morgan fingerprint density at radius 1 is 1.32 bits per heavy atom. The molecule has 1 aromatic heterocycles. The molecule has 22 heavy (non-hydrogen) atoms. The second-order valence-corrected chi connectivity index (χ2v) is 7.09. The van der Waals surface area contributed by atoms with Crippen molar-refractivity contribution in [3.8, 4) is 0 Å². The standard InChI is InChI=1S/C18H20O3S/c19-14(6-5-12-9-15(20)11-17(12)21)7-8-16-10-13-3-1-2-4-18(13)22-16/h1-6,10,12,14,17,19,21H,7-9,11H2/b6-5+/t12-,14?,17-/m1/s1. The highest BCUT2D eigenvalue weighted by molar-refractivity contribution is 7.19. The molecule has 1 aliphatic carbocycles. The van der Waals surface area contributed by atoms with E-state index >= 15 is 0 Å². The van der Waals surface area contributed by atoms with Crippen LogP contribution in [0.2, 0.25) is 0 Å². The highest BCUT2D eigenvalue weighted by Gasteiger charge is 2.29. The minimum absolute atomic E-state index is 0.0990. The van der Waals surface area contributed by atoms with Crippen LogP contribution in [0.5, 0.6) is 0 Å². The molecule has 1 saturated carbocycles. The van der Waals surface area contributed by atoms with Crippen molar-refractivity contribution in [1.29, 1.82) is 0 Å². The zero-order valence-electron chi connectivity index (χ0n) is 12.3. The molecule has 0 aliphatic heterocycles. The Kier molecular flexibility index (Phi) is 4.71. The average molecular weight is 316 g/mol. The average Bonchev–Trinajstić information content (AvgIpc) is 3.05. The van der Waals surface area contributed by atoms with Crippen LogP contribution in [0.3, 0.4) is 0 Å². The Morgan fingerprint density at radius 2 is 2.14 bits per heavy atom. The third-order valence-corrected chi connectivity index (χ3v) is 5.31. The second-order valence-electron chi connectivity index (χ2n) is 5.92. The molecule has 0 amide bonds. The number of aliphatic hydroxyl groups is 2. The summed E-state index contributed by atoms with van der Waals surface area (Å²) in [6, 6.07) is 10.5. The number of aryl methyl sites for hydroxylation is 1. The number of rotatable bonds is 5. The van der Waals surface area contributed by atoms with Crippen LogP contribution in [-0.4, -0.2) is 28.2 Å². The van der Waals surface area contributed by atoms with E-state index in [9.17, 15) is 15.0 Å². The maximum absolute atomic E-state index is 11.2. The van der Waals surface area contributed by atoms with Crippen LogP contribution in [0.15, 0.2) is 42.5 Å². The lowest BCUT2D eigenvalue weighted by Gasteiger charge is -2.09. The molecule has 4 heteroatoms. The van der Waals surface area contributed by atoms with Gasteiger partial charge in [-0.2, -0.15) is 0 Å². The predicted octanol–water partition coefficient (Wildman–Crippen LogP) is 3.09. The van der Waals surface area contributed by atoms with Gasteiger partial charge in [-0.05, 0) is 30.4 Å². The van der Waals surface area contributed by atoms with E-state index in [1.54, 1.807) is 23.5 Å². The lowest BCUT2D eigenvalue weighted by Crippen LogP contribution is -2.11. The number of aliphatic hydroxyl groups excluding tert-OH is 2. The molecule has 0 bridgehead atoms. The van der Waals surface area contributed by atoms with Crippen molar-refractivity contribution in [2.45, 2.75) is 37.9 Å². The molecule has 2 N–H and O–H groups in total. The first-order chi connectivity index (χ1) is 10.6. The molecule has 0 radical (unpaired) electrons. The number of thiophene rings is 1. The molecule has 116 valence electrons. The highest BCUT2D eigenvalue weighted by atomic mass is 32.1. The molecule has 1 aliphatic rings.